The molecule has 2 amide bonds. The molecule has 2 aromatic rings. The van der Waals surface area contributed by atoms with Crippen LogP contribution in [-0.2, 0) is 27.2 Å². The zero-order valence-electron chi connectivity index (χ0n) is 16.9. The van der Waals surface area contributed by atoms with Crippen molar-refractivity contribution in [1.82, 2.24) is 15.1 Å². The van der Waals surface area contributed by atoms with Crippen LogP contribution in [0.1, 0.15) is 23.9 Å². The van der Waals surface area contributed by atoms with Crippen LogP contribution in [0.2, 0.25) is 0 Å². The number of ether oxygens (including phenoxy) is 2. The maximum Gasteiger partial charge on any atom is 0.231 e. The van der Waals surface area contributed by atoms with E-state index in [0.29, 0.717) is 18.3 Å². The molecule has 0 saturated carbocycles. The summed E-state index contributed by atoms with van der Waals surface area (Å²) < 4.78 is 10.3. The molecule has 2 atom stereocenters. The molecule has 0 radical (unpaired) electrons. The van der Waals surface area contributed by atoms with Crippen molar-refractivity contribution in [1.29, 1.82) is 0 Å². The van der Waals surface area contributed by atoms with Gasteiger partial charge in [-0.2, -0.15) is 0 Å². The average molecular weight is 419 g/mol. The lowest BCUT2D eigenvalue weighted by atomic mass is 10.1. The molecule has 1 saturated heterocycles. The molecule has 1 aromatic heterocycles. The van der Waals surface area contributed by atoms with Crippen LogP contribution in [0.25, 0.3) is 0 Å². The van der Waals surface area contributed by atoms with Crippen LogP contribution in [0.15, 0.2) is 24.3 Å². The molecule has 0 spiro atoms. The Labute approximate surface area is 174 Å². The largest absolute Gasteiger partial charge is 0.497 e. The molecule has 0 unspecified atom stereocenters. The third kappa shape index (κ3) is 5.51. The summed E-state index contributed by atoms with van der Waals surface area (Å²) in [5.41, 5.74) is 1.18. The van der Waals surface area contributed by atoms with Crippen LogP contribution in [-0.4, -0.2) is 60.3 Å². The number of aromatic nitrogens is 2. The summed E-state index contributed by atoms with van der Waals surface area (Å²) in [6.07, 6.45) is 1.78. The summed E-state index contributed by atoms with van der Waals surface area (Å²) in [5.74, 6) is 0.235. The molecule has 1 fully saturated rings. The molecule has 156 valence electrons. The molecule has 1 aliphatic heterocycles. The first-order valence-electron chi connectivity index (χ1n) is 9.54. The predicted molar refractivity (Wildman–Crippen MR) is 110 cm³/mol. The SMILES string of the molecule is COC[C@@H](C)N1C[C@@H](C(=O)Nc2nnc(CCc3ccc(OC)cc3)s2)CC1=O. The second-order valence-corrected chi connectivity index (χ2v) is 8.15. The van der Waals surface area contributed by atoms with Gasteiger partial charge in [-0.25, -0.2) is 0 Å². The quantitative estimate of drug-likeness (QED) is 0.671. The standard InChI is InChI=1S/C20H26N4O4S/c1-13(12-27-2)24-11-15(10-18(24)25)19(26)21-20-23-22-17(29-20)9-6-14-4-7-16(28-3)8-5-14/h4-5,7-8,13,15H,6,9-12H2,1-3H3,(H,21,23,26)/t13-,15+/m1/s1. The minimum absolute atomic E-state index is 0.0212. The number of rotatable bonds is 9. The summed E-state index contributed by atoms with van der Waals surface area (Å²) in [4.78, 5) is 26.4. The number of methoxy groups -OCH3 is 2. The number of nitrogens with zero attached hydrogens (tertiary/aromatic N) is 3. The highest BCUT2D eigenvalue weighted by Gasteiger charge is 2.36. The number of nitrogens with one attached hydrogen (secondary N) is 1. The molecular formula is C20H26N4O4S. The minimum atomic E-state index is -0.381. The van der Waals surface area contributed by atoms with Crippen LogP contribution in [0.5, 0.6) is 5.75 Å². The average Bonchev–Trinajstić information content (AvgIpc) is 3.33. The maximum atomic E-state index is 12.5. The molecule has 1 N–H and O–H groups in total. The lowest BCUT2D eigenvalue weighted by Crippen LogP contribution is -2.38. The number of anilines is 1. The van der Waals surface area contributed by atoms with E-state index in [1.807, 2.05) is 31.2 Å². The van der Waals surface area contributed by atoms with E-state index in [1.54, 1.807) is 19.1 Å². The maximum absolute atomic E-state index is 12.5. The van der Waals surface area contributed by atoms with Crippen LogP contribution < -0.4 is 10.1 Å². The molecule has 29 heavy (non-hydrogen) atoms. The number of carbonyl (C=O) groups excluding carboxylic acids is 2. The first kappa shape index (κ1) is 21.2. The summed E-state index contributed by atoms with van der Waals surface area (Å²) in [6.45, 7) is 2.77. The number of hydrogen-bond acceptors (Lipinski definition) is 7. The highest BCUT2D eigenvalue weighted by molar-refractivity contribution is 7.15. The van der Waals surface area contributed by atoms with Crippen molar-refractivity contribution in [3.63, 3.8) is 0 Å². The van der Waals surface area contributed by atoms with Gasteiger partial charge in [0.2, 0.25) is 16.9 Å². The Morgan fingerprint density at radius 1 is 1.28 bits per heavy atom. The molecule has 9 heteroatoms. The van der Waals surface area contributed by atoms with Gasteiger partial charge in [-0.05, 0) is 31.0 Å². The Hall–Kier alpha value is -2.52. The second kappa shape index (κ2) is 9.80. The monoisotopic (exact) mass is 418 g/mol. The predicted octanol–water partition coefficient (Wildman–Crippen LogP) is 2.15. The van der Waals surface area contributed by atoms with Gasteiger partial charge in [0.05, 0.1) is 25.7 Å². The molecule has 0 aliphatic carbocycles. The van der Waals surface area contributed by atoms with Gasteiger partial charge >= 0.3 is 0 Å². The summed E-state index contributed by atoms with van der Waals surface area (Å²) in [6, 6.07) is 7.87. The molecular weight excluding hydrogens is 392 g/mol. The highest BCUT2D eigenvalue weighted by atomic mass is 32.1. The first-order chi connectivity index (χ1) is 14.0. The molecule has 8 nitrogen and oxygen atoms in total. The van der Waals surface area contributed by atoms with E-state index in [4.69, 9.17) is 9.47 Å². The van der Waals surface area contributed by atoms with E-state index < -0.39 is 0 Å². The normalized spacial score (nSPS) is 17.4. The Bertz CT molecular complexity index is 839. The molecule has 2 heterocycles. The van der Waals surface area contributed by atoms with Gasteiger partial charge in [0, 0.05) is 26.5 Å². The Morgan fingerprint density at radius 2 is 2.03 bits per heavy atom. The van der Waals surface area contributed by atoms with Crippen molar-refractivity contribution >= 4 is 28.3 Å². The van der Waals surface area contributed by atoms with E-state index in [0.717, 1.165) is 23.6 Å². The van der Waals surface area contributed by atoms with Gasteiger partial charge in [-0.15, -0.1) is 10.2 Å². The number of likely N-dealkylation sites (tertiary alicyclic amines) is 1. The second-order valence-electron chi connectivity index (χ2n) is 7.09. The zero-order valence-corrected chi connectivity index (χ0v) is 17.7. The van der Waals surface area contributed by atoms with Crippen LogP contribution in [0, 0.1) is 5.92 Å². The van der Waals surface area contributed by atoms with Gasteiger partial charge in [0.25, 0.3) is 0 Å². The first-order valence-corrected chi connectivity index (χ1v) is 10.4. The zero-order chi connectivity index (χ0) is 20.8. The lowest BCUT2D eigenvalue weighted by molar-refractivity contribution is -0.130. The third-order valence-corrected chi connectivity index (χ3v) is 5.85. The fraction of sp³-hybridized carbons (Fsp3) is 0.500. The van der Waals surface area contributed by atoms with Crippen LogP contribution >= 0.6 is 11.3 Å². The van der Waals surface area contributed by atoms with E-state index in [9.17, 15) is 9.59 Å². The topological polar surface area (TPSA) is 93.7 Å². The highest BCUT2D eigenvalue weighted by Crippen LogP contribution is 2.24. The fourth-order valence-corrected chi connectivity index (χ4v) is 4.06. The summed E-state index contributed by atoms with van der Waals surface area (Å²) in [5, 5.41) is 12.4. The van der Waals surface area contributed by atoms with Crippen molar-refractivity contribution in [2.45, 2.75) is 32.2 Å². The summed E-state index contributed by atoms with van der Waals surface area (Å²) >= 11 is 1.37. The van der Waals surface area contributed by atoms with E-state index in [-0.39, 0.29) is 30.2 Å². The number of hydrogen-bond donors (Lipinski definition) is 1. The fourth-order valence-electron chi connectivity index (χ4n) is 3.32. The van der Waals surface area contributed by atoms with Crippen LogP contribution in [0.4, 0.5) is 5.13 Å². The minimum Gasteiger partial charge on any atom is -0.497 e. The van der Waals surface area contributed by atoms with Gasteiger partial charge in [-0.3, -0.25) is 9.59 Å². The van der Waals surface area contributed by atoms with E-state index >= 15 is 0 Å². The Morgan fingerprint density at radius 3 is 2.72 bits per heavy atom. The van der Waals surface area contributed by atoms with Crippen molar-refractivity contribution in [3.8, 4) is 5.75 Å². The van der Waals surface area contributed by atoms with E-state index in [1.165, 1.54) is 16.9 Å². The number of amides is 2. The Balaban J connectivity index is 1.50. The smallest absolute Gasteiger partial charge is 0.231 e. The summed E-state index contributed by atoms with van der Waals surface area (Å²) in [7, 11) is 3.24. The van der Waals surface area contributed by atoms with Crippen LogP contribution in [0.3, 0.4) is 0 Å². The molecule has 1 aromatic carbocycles. The number of aryl methyl sites for hydroxylation is 2. The lowest BCUT2D eigenvalue weighted by Gasteiger charge is -2.23. The molecule has 0 bridgehead atoms. The molecule has 1 aliphatic rings. The van der Waals surface area contributed by atoms with Crippen molar-refractivity contribution in [2.75, 3.05) is 32.7 Å². The third-order valence-electron chi connectivity index (χ3n) is 4.95. The van der Waals surface area contributed by atoms with Gasteiger partial charge in [0.15, 0.2) is 0 Å². The van der Waals surface area contributed by atoms with Gasteiger partial charge in [0.1, 0.15) is 10.8 Å². The van der Waals surface area contributed by atoms with Crippen molar-refractivity contribution in [3.05, 3.63) is 34.8 Å². The van der Waals surface area contributed by atoms with Gasteiger partial charge in [-0.1, -0.05) is 23.5 Å². The van der Waals surface area contributed by atoms with Gasteiger partial charge < -0.3 is 19.7 Å². The van der Waals surface area contributed by atoms with E-state index in [2.05, 4.69) is 15.5 Å². The number of carbonyl (C=O) groups is 2. The van der Waals surface area contributed by atoms with Crippen molar-refractivity contribution < 1.29 is 19.1 Å². The van der Waals surface area contributed by atoms with Crippen molar-refractivity contribution in [2.24, 2.45) is 5.92 Å². The Kier molecular flexibility index (Phi) is 7.16. The molecule has 3 rings (SSSR count). The number of benzene rings is 1.